The second-order valence-electron chi connectivity index (χ2n) is 9.47. The molecule has 2 aliphatic rings. The summed E-state index contributed by atoms with van der Waals surface area (Å²) in [5.74, 6) is -2.54. The van der Waals surface area contributed by atoms with E-state index in [4.69, 9.17) is 4.74 Å². The Balaban J connectivity index is 1.21. The molecule has 35 heavy (non-hydrogen) atoms. The molecule has 3 N–H and O–H groups in total. The topological polar surface area (TPSA) is 109 Å². The van der Waals surface area contributed by atoms with Crippen molar-refractivity contribution in [3.63, 3.8) is 0 Å². The number of nitrogens with one attached hydrogen (secondary N) is 3. The number of alkyl halides is 2. The molecule has 1 amide bonds. The van der Waals surface area contributed by atoms with E-state index in [1.165, 1.54) is 6.20 Å². The van der Waals surface area contributed by atoms with Gasteiger partial charge >= 0.3 is 0 Å². The predicted octanol–water partition coefficient (Wildman–Crippen LogP) is 3.64. The average molecular weight is 482 g/mol. The first-order chi connectivity index (χ1) is 16.9. The number of nitrogens with zero attached hydrogens (tertiary/aromatic N) is 4. The first kappa shape index (κ1) is 21.9. The molecule has 0 saturated heterocycles. The van der Waals surface area contributed by atoms with Gasteiger partial charge in [-0.3, -0.25) is 4.79 Å². The third-order valence-corrected chi connectivity index (χ3v) is 7.00. The lowest BCUT2D eigenvalue weighted by molar-refractivity contribution is -0.108. The molecular weight excluding hydrogens is 456 g/mol. The van der Waals surface area contributed by atoms with Gasteiger partial charge in [-0.1, -0.05) is 0 Å². The van der Waals surface area contributed by atoms with Crippen LogP contribution in [0.15, 0.2) is 36.9 Å². The fraction of sp³-hybridized carbons (Fsp3) is 0.417. The molecule has 4 aromatic rings. The lowest BCUT2D eigenvalue weighted by atomic mass is 9.81. The van der Waals surface area contributed by atoms with E-state index in [9.17, 15) is 13.6 Å². The van der Waals surface area contributed by atoms with Gasteiger partial charge < -0.3 is 20.4 Å². The van der Waals surface area contributed by atoms with Crippen LogP contribution in [0.4, 0.5) is 14.7 Å². The zero-order valence-electron chi connectivity index (χ0n) is 19.1. The first-order valence-electron chi connectivity index (χ1n) is 11.7. The lowest BCUT2D eigenvalue weighted by Crippen LogP contribution is -2.42. The summed E-state index contributed by atoms with van der Waals surface area (Å²) in [5.41, 5.74) is 3.52. The van der Waals surface area contributed by atoms with Gasteiger partial charge in [0.05, 0.1) is 23.4 Å². The highest BCUT2D eigenvalue weighted by Gasteiger charge is 2.45. The molecule has 6 rings (SSSR count). The fourth-order valence-electron chi connectivity index (χ4n) is 4.86. The molecule has 0 atom stereocenters. The molecule has 2 saturated carbocycles. The minimum atomic E-state index is -2.60. The molecule has 0 aliphatic heterocycles. The number of hydrogen-bond acceptors (Lipinski definition) is 6. The number of aromatic nitrogens is 5. The molecule has 0 radical (unpaired) electrons. The van der Waals surface area contributed by atoms with Gasteiger partial charge in [-0.05, 0) is 36.5 Å². The Morgan fingerprint density at radius 2 is 2.14 bits per heavy atom. The van der Waals surface area contributed by atoms with Gasteiger partial charge in [-0.2, -0.15) is 10.1 Å². The summed E-state index contributed by atoms with van der Waals surface area (Å²) in [6, 6.07) is 4.10. The smallest absolute Gasteiger partial charge is 0.255 e. The highest BCUT2D eigenvalue weighted by Crippen LogP contribution is 2.41. The number of H-pyrrole nitrogens is 1. The van der Waals surface area contributed by atoms with Crippen LogP contribution in [0.5, 0.6) is 0 Å². The van der Waals surface area contributed by atoms with Crippen LogP contribution in [0.2, 0.25) is 0 Å². The van der Waals surface area contributed by atoms with Crippen molar-refractivity contribution in [2.45, 2.75) is 43.8 Å². The Morgan fingerprint density at radius 1 is 1.31 bits per heavy atom. The van der Waals surface area contributed by atoms with E-state index in [1.807, 2.05) is 18.3 Å². The van der Waals surface area contributed by atoms with Crippen LogP contribution in [0.25, 0.3) is 27.7 Å². The molecule has 182 valence electrons. The van der Waals surface area contributed by atoms with Gasteiger partial charge in [0.15, 0.2) is 0 Å². The number of halogens is 2. The van der Waals surface area contributed by atoms with Gasteiger partial charge in [0.2, 0.25) is 11.9 Å². The Morgan fingerprint density at radius 3 is 2.91 bits per heavy atom. The second kappa shape index (κ2) is 8.26. The molecule has 9 nitrogen and oxygen atoms in total. The highest BCUT2D eigenvalue weighted by atomic mass is 19.3. The summed E-state index contributed by atoms with van der Waals surface area (Å²) in [5, 5.41) is 11.2. The fourth-order valence-corrected chi connectivity index (χ4v) is 4.86. The second-order valence-corrected chi connectivity index (χ2v) is 9.47. The Hall–Kier alpha value is -3.60. The van der Waals surface area contributed by atoms with E-state index in [0.717, 1.165) is 29.4 Å². The van der Waals surface area contributed by atoms with E-state index >= 15 is 0 Å². The van der Waals surface area contributed by atoms with E-state index in [2.05, 4.69) is 30.7 Å². The van der Waals surface area contributed by atoms with Crippen LogP contribution >= 0.6 is 0 Å². The minimum Gasteiger partial charge on any atom is -0.381 e. The Labute approximate surface area is 199 Å². The molecule has 0 unspecified atom stereocenters. The predicted molar refractivity (Wildman–Crippen MR) is 126 cm³/mol. The summed E-state index contributed by atoms with van der Waals surface area (Å²) >= 11 is 0. The van der Waals surface area contributed by atoms with Crippen LogP contribution in [-0.4, -0.2) is 62.2 Å². The maximum atomic E-state index is 13.1. The molecule has 0 aromatic carbocycles. The average Bonchev–Trinajstić information content (AvgIpc) is 3.41. The molecule has 4 heterocycles. The summed E-state index contributed by atoms with van der Waals surface area (Å²) in [4.78, 5) is 25.0. The third kappa shape index (κ3) is 4.09. The number of carbonyl (C=O) groups is 1. The first-order valence-corrected chi connectivity index (χ1v) is 11.7. The number of pyridine rings is 1. The Kier molecular flexibility index (Phi) is 5.17. The normalized spacial score (nSPS) is 21.6. The number of ether oxygens (including phenoxy) is 1. The standard InChI is InChI=1S/C24H25F2N7O2/c1-35-16-5-15(6-16)31-23-29-11-18-17(10-27-21(18)32-23)14-2-3-33-20(4-14)19(12-30-33)22(34)28-9-13-7-24(25,26)8-13/h2-4,10-13,15-16H,5-9H2,1H3,(H,28,34)(H2,27,29,31,32). The van der Waals surface area contributed by atoms with E-state index in [0.29, 0.717) is 34.8 Å². The third-order valence-electron chi connectivity index (χ3n) is 7.00. The molecule has 4 aromatic heterocycles. The molecule has 0 spiro atoms. The van der Waals surface area contributed by atoms with Gasteiger partial charge in [-0.15, -0.1) is 0 Å². The van der Waals surface area contributed by atoms with Gasteiger partial charge in [-0.25, -0.2) is 18.3 Å². The van der Waals surface area contributed by atoms with Crippen molar-refractivity contribution in [3.8, 4) is 11.1 Å². The van der Waals surface area contributed by atoms with Gasteiger partial charge in [0, 0.05) is 62.1 Å². The number of aromatic amines is 1. The number of hydrogen-bond donors (Lipinski definition) is 3. The molecule has 2 aliphatic carbocycles. The van der Waals surface area contributed by atoms with Crippen molar-refractivity contribution in [1.82, 2.24) is 29.9 Å². The monoisotopic (exact) mass is 481 g/mol. The van der Waals surface area contributed by atoms with Crippen LogP contribution in [0.1, 0.15) is 36.0 Å². The van der Waals surface area contributed by atoms with Crippen LogP contribution in [0, 0.1) is 5.92 Å². The molecule has 0 bridgehead atoms. The minimum absolute atomic E-state index is 0.180. The van der Waals surface area contributed by atoms with E-state index in [1.54, 1.807) is 24.0 Å². The summed E-state index contributed by atoms with van der Waals surface area (Å²) < 4.78 is 33.1. The van der Waals surface area contributed by atoms with Crippen molar-refractivity contribution < 1.29 is 18.3 Å². The van der Waals surface area contributed by atoms with Crippen LogP contribution in [-0.2, 0) is 4.74 Å². The van der Waals surface area contributed by atoms with Gasteiger partial charge in [0.25, 0.3) is 5.91 Å². The van der Waals surface area contributed by atoms with Crippen molar-refractivity contribution in [2.75, 3.05) is 19.0 Å². The maximum absolute atomic E-state index is 13.1. The zero-order chi connectivity index (χ0) is 24.2. The summed E-state index contributed by atoms with van der Waals surface area (Å²) in [6.45, 7) is 0.231. The van der Waals surface area contributed by atoms with Crippen molar-refractivity contribution >= 4 is 28.4 Å². The van der Waals surface area contributed by atoms with Crippen LogP contribution in [0.3, 0.4) is 0 Å². The van der Waals surface area contributed by atoms with Gasteiger partial charge in [0.1, 0.15) is 5.65 Å². The molecule has 11 heteroatoms. The van der Waals surface area contributed by atoms with Crippen molar-refractivity contribution in [3.05, 3.63) is 42.5 Å². The number of methoxy groups -OCH3 is 1. The Bertz CT molecular complexity index is 1400. The van der Waals surface area contributed by atoms with E-state index < -0.39 is 5.92 Å². The largest absolute Gasteiger partial charge is 0.381 e. The molecular formula is C24H25F2N7O2. The number of amides is 1. The van der Waals surface area contributed by atoms with E-state index in [-0.39, 0.29) is 31.2 Å². The van der Waals surface area contributed by atoms with Crippen LogP contribution < -0.4 is 10.6 Å². The number of fused-ring (bicyclic) bond motifs is 2. The number of carbonyl (C=O) groups excluding carboxylic acids is 1. The summed E-state index contributed by atoms with van der Waals surface area (Å²) in [6.07, 6.45) is 8.73. The quantitative estimate of drug-likeness (QED) is 0.372. The lowest BCUT2D eigenvalue weighted by Gasteiger charge is -2.34. The van der Waals surface area contributed by atoms with Crippen molar-refractivity contribution in [1.29, 1.82) is 0 Å². The molecule has 2 fully saturated rings. The SMILES string of the molecule is COC1CC(Nc2ncc3c(-c4ccn5ncc(C(=O)NCC6CC(F)(F)C6)c5c4)c[nH]c3n2)C1. The number of rotatable bonds is 7. The highest BCUT2D eigenvalue weighted by molar-refractivity contribution is 6.02. The zero-order valence-corrected chi connectivity index (χ0v) is 19.1. The number of anilines is 1. The summed E-state index contributed by atoms with van der Waals surface area (Å²) in [7, 11) is 1.72. The maximum Gasteiger partial charge on any atom is 0.255 e. The van der Waals surface area contributed by atoms with Crippen molar-refractivity contribution in [2.24, 2.45) is 5.92 Å².